The second-order valence-electron chi connectivity index (χ2n) is 5.53. The van der Waals surface area contributed by atoms with Gasteiger partial charge in [-0.25, -0.2) is 0 Å². The number of nitrogens with zero attached hydrogens (tertiary/aromatic N) is 3. The summed E-state index contributed by atoms with van der Waals surface area (Å²) in [7, 11) is 0. The minimum Gasteiger partial charge on any atom is -0.379 e. The van der Waals surface area contributed by atoms with E-state index in [1.54, 1.807) is 0 Å². The van der Waals surface area contributed by atoms with Crippen LogP contribution in [0.4, 0.5) is 5.69 Å². The summed E-state index contributed by atoms with van der Waals surface area (Å²) in [4.78, 5) is 9.31. The van der Waals surface area contributed by atoms with Crippen molar-refractivity contribution in [2.24, 2.45) is 0 Å². The Morgan fingerprint density at radius 2 is 2.09 bits per heavy atom. The number of pyridine rings is 1. The van der Waals surface area contributed by atoms with E-state index in [1.807, 2.05) is 18.3 Å². The van der Waals surface area contributed by atoms with Crippen LogP contribution in [-0.4, -0.2) is 55.8 Å². The van der Waals surface area contributed by atoms with Crippen LogP contribution in [0.5, 0.6) is 0 Å². The molecule has 0 atom stereocenters. The summed E-state index contributed by atoms with van der Waals surface area (Å²) in [5.41, 5.74) is 2.19. The molecule has 3 rings (SSSR count). The third-order valence-electron chi connectivity index (χ3n) is 4.19. The standard InChI is InChI=1S/C17H22ClN3O/c1-2-21(8-7-20-9-11-22-12-10-20)17-5-6-19-16-13-14(18)3-4-15(16)17/h3-6,13H,2,7-12H2,1H3. The van der Waals surface area contributed by atoms with Gasteiger partial charge in [0.1, 0.15) is 0 Å². The van der Waals surface area contributed by atoms with Crippen molar-refractivity contribution in [3.8, 4) is 0 Å². The second kappa shape index (κ2) is 7.27. The van der Waals surface area contributed by atoms with E-state index in [9.17, 15) is 0 Å². The topological polar surface area (TPSA) is 28.6 Å². The SMILES string of the molecule is CCN(CCN1CCOCC1)c1ccnc2cc(Cl)ccc12. The first-order valence-corrected chi connectivity index (χ1v) is 8.25. The molecule has 0 bridgehead atoms. The van der Waals surface area contributed by atoms with Gasteiger partial charge in [0.05, 0.1) is 18.7 Å². The van der Waals surface area contributed by atoms with E-state index in [2.05, 4.69) is 33.8 Å². The Balaban J connectivity index is 1.77. The van der Waals surface area contributed by atoms with Crippen LogP contribution >= 0.6 is 11.6 Å². The van der Waals surface area contributed by atoms with Gasteiger partial charge in [-0.15, -0.1) is 0 Å². The summed E-state index contributed by atoms with van der Waals surface area (Å²) in [6.07, 6.45) is 1.87. The number of likely N-dealkylation sites (N-methyl/N-ethyl adjacent to an activating group) is 1. The molecule has 1 aliphatic heterocycles. The van der Waals surface area contributed by atoms with Gasteiger partial charge in [0.15, 0.2) is 0 Å². The third-order valence-corrected chi connectivity index (χ3v) is 4.43. The van der Waals surface area contributed by atoms with E-state index < -0.39 is 0 Å². The molecule has 0 radical (unpaired) electrons. The van der Waals surface area contributed by atoms with Gasteiger partial charge in [0.2, 0.25) is 0 Å². The first-order valence-electron chi connectivity index (χ1n) is 7.87. The minimum atomic E-state index is 0.730. The predicted octanol–water partition coefficient (Wildman–Crippen LogP) is 3.05. The van der Waals surface area contributed by atoms with Gasteiger partial charge in [-0.1, -0.05) is 11.6 Å². The molecular formula is C17H22ClN3O. The van der Waals surface area contributed by atoms with E-state index >= 15 is 0 Å². The third kappa shape index (κ3) is 3.51. The van der Waals surface area contributed by atoms with E-state index in [1.165, 1.54) is 5.69 Å². The number of anilines is 1. The van der Waals surface area contributed by atoms with Crippen molar-refractivity contribution in [1.82, 2.24) is 9.88 Å². The first kappa shape index (κ1) is 15.5. The fraction of sp³-hybridized carbons (Fsp3) is 0.471. The quantitative estimate of drug-likeness (QED) is 0.847. The first-order chi connectivity index (χ1) is 10.8. The highest BCUT2D eigenvalue weighted by Crippen LogP contribution is 2.27. The van der Waals surface area contributed by atoms with Crippen molar-refractivity contribution in [3.63, 3.8) is 0 Å². The van der Waals surface area contributed by atoms with Crippen LogP contribution in [0.1, 0.15) is 6.92 Å². The molecule has 1 aliphatic rings. The summed E-state index contributed by atoms with van der Waals surface area (Å²) in [6.45, 7) is 9.01. The fourth-order valence-electron chi connectivity index (χ4n) is 2.92. The van der Waals surface area contributed by atoms with Crippen LogP contribution in [-0.2, 0) is 4.74 Å². The van der Waals surface area contributed by atoms with Gasteiger partial charge in [-0.2, -0.15) is 0 Å². The zero-order valence-electron chi connectivity index (χ0n) is 13.0. The van der Waals surface area contributed by atoms with Crippen molar-refractivity contribution in [2.75, 3.05) is 50.8 Å². The smallest absolute Gasteiger partial charge is 0.0737 e. The molecule has 0 amide bonds. The van der Waals surface area contributed by atoms with Crippen molar-refractivity contribution >= 4 is 28.2 Å². The highest BCUT2D eigenvalue weighted by molar-refractivity contribution is 6.31. The predicted molar refractivity (Wildman–Crippen MR) is 91.9 cm³/mol. The molecule has 1 fully saturated rings. The number of hydrogen-bond acceptors (Lipinski definition) is 4. The summed E-state index contributed by atoms with van der Waals surface area (Å²) in [5, 5.41) is 1.89. The van der Waals surface area contributed by atoms with Gasteiger partial charge < -0.3 is 9.64 Å². The number of fused-ring (bicyclic) bond motifs is 1. The number of rotatable bonds is 5. The number of morpholine rings is 1. The fourth-order valence-corrected chi connectivity index (χ4v) is 3.08. The molecule has 5 heteroatoms. The Kier molecular flexibility index (Phi) is 5.13. The number of hydrogen-bond donors (Lipinski definition) is 0. The number of ether oxygens (including phenoxy) is 1. The zero-order valence-corrected chi connectivity index (χ0v) is 13.7. The number of benzene rings is 1. The van der Waals surface area contributed by atoms with Crippen LogP contribution in [0.15, 0.2) is 30.5 Å². The molecule has 2 heterocycles. The Bertz CT molecular complexity index is 628. The monoisotopic (exact) mass is 319 g/mol. The van der Waals surface area contributed by atoms with Crippen molar-refractivity contribution in [2.45, 2.75) is 6.92 Å². The molecule has 118 valence electrons. The van der Waals surface area contributed by atoms with Crippen LogP contribution in [0, 0.1) is 0 Å². The summed E-state index contributed by atoms with van der Waals surface area (Å²) >= 11 is 6.08. The molecule has 2 aromatic rings. The molecule has 1 saturated heterocycles. The van der Waals surface area contributed by atoms with Gasteiger partial charge in [-0.05, 0) is 31.2 Å². The average molecular weight is 320 g/mol. The molecule has 0 spiro atoms. The lowest BCUT2D eigenvalue weighted by Crippen LogP contribution is -2.41. The maximum atomic E-state index is 6.08. The number of aromatic nitrogens is 1. The Morgan fingerprint density at radius 3 is 2.86 bits per heavy atom. The van der Waals surface area contributed by atoms with E-state index in [0.717, 1.165) is 61.9 Å². The Labute approximate surface area is 136 Å². The lowest BCUT2D eigenvalue weighted by atomic mass is 10.1. The van der Waals surface area contributed by atoms with Gasteiger partial charge >= 0.3 is 0 Å². The molecular weight excluding hydrogens is 298 g/mol. The molecule has 22 heavy (non-hydrogen) atoms. The highest BCUT2D eigenvalue weighted by atomic mass is 35.5. The van der Waals surface area contributed by atoms with Crippen molar-refractivity contribution < 1.29 is 4.74 Å². The molecule has 1 aromatic carbocycles. The van der Waals surface area contributed by atoms with Gasteiger partial charge in [0.25, 0.3) is 0 Å². The van der Waals surface area contributed by atoms with Crippen molar-refractivity contribution in [3.05, 3.63) is 35.5 Å². The van der Waals surface area contributed by atoms with E-state index in [0.29, 0.717) is 0 Å². The van der Waals surface area contributed by atoms with Crippen LogP contribution in [0.2, 0.25) is 5.02 Å². The molecule has 0 aliphatic carbocycles. The van der Waals surface area contributed by atoms with Crippen LogP contribution < -0.4 is 4.90 Å². The normalized spacial score (nSPS) is 16.1. The van der Waals surface area contributed by atoms with E-state index in [-0.39, 0.29) is 0 Å². The zero-order chi connectivity index (χ0) is 15.4. The van der Waals surface area contributed by atoms with Crippen LogP contribution in [0.25, 0.3) is 10.9 Å². The molecule has 0 saturated carbocycles. The average Bonchev–Trinajstić information content (AvgIpc) is 2.56. The highest BCUT2D eigenvalue weighted by Gasteiger charge is 2.14. The number of halogens is 1. The molecule has 4 nitrogen and oxygen atoms in total. The molecule has 0 unspecified atom stereocenters. The van der Waals surface area contributed by atoms with Gasteiger partial charge in [-0.3, -0.25) is 9.88 Å². The summed E-state index contributed by atoms with van der Waals surface area (Å²) < 4.78 is 5.41. The Hall–Kier alpha value is -1.36. The lowest BCUT2D eigenvalue weighted by Gasteiger charge is -2.31. The largest absolute Gasteiger partial charge is 0.379 e. The van der Waals surface area contributed by atoms with E-state index in [4.69, 9.17) is 16.3 Å². The van der Waals surface area contributed by atoms with Gasteiger partial charge in [0, 0.05) is 55.0 Å². The Morgan fingerprint density at radius 1 is 1.27 bits per heavy atom. The molecule has 1 aromatic heterocycles. The lowest BCUT2D eigenvalue weighted by molar-refractivity contribution is 0.0392. The minimum absolute atomic E-state index is 0.730. The van der Waals surface area contributed by atoms with Crippen molar-refractivity contribution in [1.29, 1.82) is 0 Å². The summed E-state index contributed by atoms with van der Waals surface area (Å²) in [5.74, 6) is 0. The second-order valence-corrected chi connectivity index (χ2v) is 5.96. The summed E-state index contributed by atoms with van der Waals surface area (Å²) in [6, 6.07) is 8.03. The maximum absolute atomic E-state index is 6.08. The maximum Gasteiger partial charge on any atom is 0.0737 e. The van der Waals surface area contributed by atoms with Crippen LogP contribution in [0.3, 0.4) is 0 Å². The molecule has 0 N–H and O–H groups in total.